The van der Waals surface area contributed by atoms with Crippen molar-refractivity contribution in [3.8, 4) is 0 Å². The first-order valence-corrected chi connectivity index (χ1v) is 9.19. The molecule has 1 heterocycles. The lowest BCUT2D eigenvalue weighted by Crippen LogP contribution is -2.22. The van der Waals surface area contributed by atoms with Crippen LogP contribution in [0, 0.1) is 5.82 Å². The minimum absolute atomic E-state index is 0.00645. The van der Waals surface area contributed by atoms with E-state index in [4.69, 9.17) is 15.3 Å². The fourth-order valence-corrected chi connectivity index (χ4v) is 3.04. The predicted molar refractivity (Wildman–Crippen MR) is 102 cm³/mol. The number of rotatable bonds is 8. The third-order valence-electron chi connectivity index (χ3n) is 4.37. The first kappa shape index (κ1) is 19.8. The first-order valence-electron chi connectivity index (χ1n) is 9.19. The van der Waals surface area contributed by atoms with Gasteiger partial charge >= 0.3 is 5.97 Å². The van der Waals surface area contributed by atoms with Crippen LogP contribution in [0.25, 0.3) is 5.70 Å². The van der Waals surface area contributed by atoms with Gasteiger partial charge in [-0.1, -0.05) is 18.2 Å². The fourth-order valence-electron chi connectivity index (χ4n) is 3.04. The van der Waals surface area contributed by atoms with Crippen LogP contribution >= 0.6 is 0 Å². The summed E-state index contributed by atoms with van der Waals surface area (Å²) in [6, 6.07) is 6.38. The minimum atomic E-state index is -0.279. The molecule has 1 unspecified atom stereocenters. The van der Waals surface area contributed by atoms with Crippen molar-refractivity contribution in [2.24, 2.45) is 0 Å². The third-order valence-corrected chi connectivity index (χ3v) is 4.37. The molecule has 28 heavy (non-hydrogen) atoms. The average Bonchev–Trinajstić information content (AvgIpc) is 2.68. The van der Waals surface area contributed by atoms with Gasteiger partial charge in [-0.05, 0) is 31.0 Å². The molecule has 0 aliphatic heterocycles. The number of halogens is 1. The number of ether oxygens (including phenoxy) is 1. The number of aromatic nitrogens is 2. The topological polar surface area (TPSA) is 99.4 Å². The largest absolute Gasteiger partial charge is 0.466 e. The van der Waals surface area contributed by atoms with Crippen molar-refractivity contribution in [2.45, 2.75) is 32.1 Å². The Hall–Kier alpha value is -3.00. The van der Waals surface area contributed by atoms with Gasteiger partial charge in [0.2, 0.25) is 5.95 Å². The summed E-state index contributed by atoms with van der Waals surface area (Å²) in [5.41, 5.74) is 11.9. The molecule has 1 atom stereocenters. The number of hydrogen-bond donors (Lipinski definition) is 2. The summed E-state index contributed by atoms with van der Waals surface area (Å²) in [6.45, 7) is 2.48. The highest BCUT2D eigenvalue weighted by Crippen LogP contribution is 2.32. The van der Waals surface area contributed by atoms with Crippen molar-refractivity contribution >= 4 is 17.6 Å². The second-order valence-corrected chi connectivity index (χ2v) is 6.39. The zero-order valence-corrected chi connectivity index (χ0v) is 15.7. The molecular formula is C20H23FN4O3. The number of nitrogens with two attached hydrogens (primary N) is 1. The molecule has 0 saturated heterocycles. The lowest BCUT2D eigenvalue weighted by molar-refractivity contribution is -0.143. The highest BCUT2D eigenvalue weighted by molar-refractivity contribution is 5.69. The summed E-state index contributed by atoms with van der Waals surface area (Å²) in [7, 11) is 0. The van der Waals surface area contributed by atoms with Crippen LogP contribution in [0.1, 0.15) is 42.5 Å². The van der Waals surface area contributed by atoms with Gasteiger partial charge in [0.05, 0.1) is 24.6 Å². The van der Waals surface area contributed by atoms with E-state index in [-0.39, 0.29) is 23.7 Å². The number of esters is 1. The zero-order chi connectivity index (χ0) is 19.9. The lowest BCUT2D eigenvalue weighted by atomic mass is 9.87. The molecule has 1 aliphatic rings. The summed E-state index contributed by atoms with van der Waals surface area (Å²) in [6.07, 6.45) is 5.11. The van der Waals surface area contributed by atoms with E-state index < -0.39 is 0 Å². The molecule has 3 rings (SSSR count). The number of anilines is 1. The van der Waals surface area contributed by atoms with Gasteiger partial charge in [-0.3, -0.25) is 15.1 Å². The number of allylic oxidation sites excluding steroid dienone is 1. The maximum atomic E-state index is 13.2. The van der Waals surface area contributed by atoms with Crippen molar-refractivity contribution in [1.29, 1.82) is 0 Å². The summed E-state index contributed by atoms with van der Waals surface area (Å²) in [4.78, 5) is 25.3. The molecule has 0 fully saturated rings. The fraction of sp³-hybridized carbons (Fsp3) is 0.350. The third kappa shape index (κ3) is 5.04. The van der Waals surface area contributed by atoms with Gasteiger partial charge in [-0.2, -0.15) is 0 Å². The van der Waals surface area contributed by atoms with Crippen LogP contribution in [0.3, 0.4) is 0 Å². The highest BCUT2D eigenvalue weighted by atomic mass is 19.1. The van der Waals surface area contributed by atoms with E-state index in [1.807, 2.05) is 6.08 Å². The van der Waals surface area contributed by atoms with Gasteiger partial charge in [-0.15, -0.1) is 0 Å². The Morgan fingerprint density at radius 2 is 2.14 bits per heavy atom. The standard InChI is InChI=1S/C20H23FN4O3/c1-2-27-19(26)4-3-9-28-25-18-11-14(13-5-7-15(21)8-6-13)10-17-16(18)12-23-20(22)24-17/h5-8,11-12,14,25H,2-4,9-10H2,1H3,(H2,22,23,24). The molecule has 0 radical (unpaired) electrons. The van der Waals surface area contributed by atoms with E-state index in [1.165, 1.54) is 12.1 Å². The van der Waals surface area contributed by atoms with Crippen molar-refractivity contribution in [2.75, 3.05) is 18.9 Å². The lowest BCUT2D eigenvalue weighted by Gasteiger charge is -2.24. The normalized spacial score (nSPS) is 15.5. The Morgan fingerprint density at radius 1 is 1.36 bits per heavy atom. The SMILES string of the molecule is CCOC(=O)CCCONC1=CC(c2ccc(F)cc2)Cc2nc(N)ncc21. The minimum Gasteiger partial charge on any atom is -0.466 e. The summed E-state index contributed by atoms with van der Waals surface area (Å²) < 4.78 is 18.1. The van der Waals surface area contributed by atoms with Crippen molar-refractivity contribution in [1.82, 2.24) is 15.4 Å². The second kappa shape index (κ2) is 9.27. The molecule has 7 nitrogen and oxygen atoms in total. The molecule has 8 heteroatoms. The molecule has 1 aliphatic carbocycles. The summed E-state index contributed by atoms with van der Waals surface area (Å²) in [5, 5.41) is 0. The molecule has 148 valence electrons. The van der Waals surface area contributed by atoms with Gasteiger partial charge in [0.1, 0.15) is 5.82 Å². The average molecular weight is 386 g/mol. The highest BCUT2D eigenvalue weighted by Gasteiger charge is 2.23. The van der Waals surface area contributed by atoms with Crippen LogP contribution in [-0.4, -0.2) is 29.2 Å². The van der Waals surface area contributed by atoms with Gasteiger partial charge in [-0.25, -0.2) is 14.4 Å². The van der Waals surface area contributed by atoms with Gasteiger partial charge in [0, 0.05) is 30.5 Å². The number of fused-ring (bicyclic) bond motifs is 1. The molecule has 0 spiro atoms. The molecule has 3 N–H and O–H groups in total. The Kier molecular flexibility index (Phi) is 6.54. The van der Waals surface area contributed by atoms with E-state index in [2.05, 4.69) is 15.4 Å². The number of hydrogen-bond acceptors (Lipinski definition) is 7. The molecule has 1 aromatic heterocycles. The van der Waals surface area contributed by atoms with Crippen LogP contribution in [0.4, 0.5) is 10.3 Å². The van der Waals surface area contributed by atoms with Crippen LogP contribution in [0.15, 0.2) is 36.5 Å². The number of nitrogens with one attached hydrogen (secondary N) is 1. The number of carbonyl (C=O) groups excluding carboxylic acids is 1. The van der Waals surface area contributed by atoms with E-state index in [9.17, 15) is 9.18 Å². The molecule has 0 amide bonds. The summed E-state index contributed by atoms with van der Waals surface area (Å²) in [5.74, 6) is -0.325. The smallest absolute Gasteiger partial charge is 0.305 e. The van der Waals surface area contributed by atoms with Crippen LogP contribution in [-0.2, 0) is 20.8 Å². The molecule has 0 bridgehead atoms. The summed E-state index contributed by atoms with van der Waals surface area (Å²) >= 11 is 0. The molecule has 0 saturated carbocycles. The van der Waals surface area contributed by atoms with E-state index in [0.29, 0.717) is 38.2 Å². The number of carbonyl (C=O) groups is 1. The Morgan fingerprint density at radius 3 is 2.89 bits per heavy atom. The van der Waals surface area contributed by atoms with E-state index in [0.717, 1.165) is 16.8 Å². The predicted octanol–water partition coefficient (Wildman–Crippen LogP) is 2.74. The molecular weight excluding hydrogens is 363 g/mol. The first-order chi connectivity index (χ1) is 13.6. The van der Waals surface area contributed by atoms with Crippen LogP contribution < -0.4 is 11.2 Å². The van der Waals surface area contributed by atoms with Crippen molar-refractivity contribution in [3.63, 3.8) is 0 Å². The zero-order valence-electron chi connectivity index (χ0n) is 15.7. The number of nitrogen functional groups attached to an aromatic ring is 1. The second-order valence-electron chi connectivity index (χ2n) is 6.39. The quantitative estimate of drug-likeness (QED) is 0.409. The maximum absolute atomic E-state index is 13.2. The van der Waals surface area contributed by atoms with Gasteiger partial charge in [0.25, 0.3) is 0 Å². The Labute approximate surface area is 162 Å². The monoisotopic (exact) mass is 386 g/mol. The molecule has 1 aromatic carbocycles. The number of hydroxylamine groups is 1. The Balaban J connectivity index is 1.69. The number of benzene rings is 1. The number of nitrogens with zero attached hydrogens (tertiary/aromatic N) is 2. The van der Waals surface area contributed by atoms with Gasteiger partial charge in [0.15, 0.2) is 0 Å². The molecule has 2 aromatic rings. The maximum Gasteiger partial charge on any atom is 0.305 e. The Bertz CT molecular complexity index is 855. The van der Waals surface area contributed by atoms with Crippen LogP contribution in [0.2, 0.25) is 0 Å². The van der Waals surface area contributed by atoms with E-state index in [1.54, 1.807) is 25.3 Å². The van der Waals surface area contributed by atoms with Gasteiger partial charge < -0.3 is 10.5 Å². The van der Waals surface area contributed by atoms with Crippen molar-refractivity contribution in [3.05, 3.63) is 59.2 Å². The van der Waals surface area contributed by atoms with Crippen molar-refractivity contribution < 1.29 is 18.8 Å². The van der Waals surface area contributed by atoms with E-state index >= 15 is 0 Å². The van der Waals surface area contributed by atoms with Crippen LogP contribution in [0.5, 0.6) is 0 Å².